The number of anilines is 1. The van der Waals surface area contributed by atoms with Gasteiger partial charge in [0.25, 0.3) is 0 Å². The first-order valence-corrected chi connectivity index (χ1v) is 12.0. The summed E-state index contributed by atoms with van der Waals surface area (Å²) in [6, 6.07) is 10.2. The molecular formula is C28H32FN3O3. The SMILES string of the molecule is Cc1ncc(-c2ccc(OCCc3cccc(F)c3)cn2)c(N2CCC(C)(C)CC2)c1CC(=O)O. The van der Waals surface area contributed by atoms with Crippen LogP contribution in [-0.2, 0) is 17.6 Å². The van der Waals surface area contributed by atoms with E-state index in [9.17, 15) is 14.3 Å². The lowest BCUT2D eigenvalue weighted by molar-refractivity contribution is -0.136. The van der Waals surface area contributed by atoms with Crippen LogP contribution in [0.4, 0.5) is 10.1 Å². The van der Waals surface area contributed by atoms with Crippen molar-refractivity contribution in [3.63, 3.8) is 0 Å². The van der Waals surface area contributed by atoms with Crippen molar-refractivity contribution in [2.24, 2.45) is 5.41 Å². The minimum absolute atomic E-state index is 0.0802. The van der Waals surface area contributed by atoms with Gasteiger partial charge in [0.05, 0.1) is 30.6 Å². The van der Waals surface area contributed by atoms with Crippen molar-refractivity contribution < 1.29 is 19.0 Å². The second-order valence-electron chi connectivity index (χ2n) is 9.91. The Morgan fingerprint density at radius 3 is 2.57 bits per heavy atom. The number of pyridine rings is 2. The predicted octanol–water partition coefficient (Wildman–Crippen LogP) is 5.47. The molecule has 6 nitrogen and oxygen atoms in total. The van der Waals surface area contributed by atoms with Crippen LogP contribution in [0.1, 0.15) is 43.5 Å². The van der Waals surface area contributed by atoms with Gasteiger partial charge in [0, 0.05) is 42.5 Å². The molecule has 3 heterocycles. The Kier molecular flexibility index (Phi) is 7.34. The maximum atomic E-state index is 13.4. The molecule has 4 rings (SSSR count). The zero-order chi connectivity index (χ0) is 25.0. The smallest absolute Gasteiger partial charge is 0.307 e. The maximum Gasteiger partial charge on any atom is 0.307 e. The third kappa shape index (κ3) is 6.15. The van der Waals surface area contributed by atoms with Crippen molar-refractivity contribution in [3.8, 4) is 17.0 Å². The Bertz CT molecular complexity index is 1180. The van der Waals surface area contributed by atoms with E-state index in [1.165, 1.54) is 12.1 Å². The lowest BCUT2D eigenvalue weighted by Gasteiger charge is -2.40. The van der Waals surface area contributed by atoms with Gasteiger partial charge in [-0.15, -0.1) is 0 Å². The highest BCUT2D eigenvalue weighted by Crippen LogP contribution is 2.39. The Morgan fingerprint density at radius 2 is 1.91 bits per heavy atom. The number of carbonyl (C=O) groups is 1. The molecular weight excluding hydrogens is 445 g/mol. The van der Waals surface area contributed by atoms with Crippen LogP contribution < -0.4 is 9.64 Å². The minimum Gasteiger partial charge on any atom is -0.492 e. The number of hydrogen-bond donors (Lipinski definition) is 1. The van der Waals surface area contributed by atoms with Gasteiger partial charge in [-0.05, 0) is 55.0 Å². The Balaban J connectivity index is 1.57. The van der Waals surface area contributed by atoms with E-state index in [1.807, 2.05) is 25.1 Å². The number of nitrogens with zero attached hydrogens (tertiary/aromatic N) is 3. The van der Waals surface area contributed by atoms with Gasteiger partial charge in [0.15, 0.2) is 0 Å². The molecule has 1 saturated heterocycles. The maximum absolute atomic E-state index is 13.4. The third-order valence-electron chi connectivity index (χ3n) is 6.69. The highest BCUT2D eigenvalue weighted by atomic mass is 19.1. The summed E-state index contributed by atoms with van der Waals surface area (Å²) in [4.78, 5) is 23.1. The summed E-state index contributed by atoms with van der Waals surface area (Å²) >= 11 is 0. The van der Waals surface area contributed by atoms with Crippen LogP contribution in [0.25, 0.3) is 11.3 Å². The van der Waals surface area contributed by atoms with Gasteiger partial charge in [-0.2, -0.15) is 0 Å². The van der Waals surface area contributed by atoms with Crippen molar-refractivity contribution in [2.75, 3.05) is 24.6 Å². The summed E-state index contributed by atoms with van der Waals surface area (Å²) < 4.78 is 19.2. The van der Waals surface area contributed by atoms with E-state index < -0.39 is 5.97 Å². The Hall–Kier alpha value is -3.48. The van der Waals surface area contributed by atoms with E-state index in [-0.39, 0.29) is 17.7 Å². The highest BCUT2D eigenvalue weighted by molar-refractivity contribution is 5.83. The van der Waals surface area contributed by atoms with E-state index in [0.717, 1.165) is 59.7 Å². The molecule has 1 aliphatic heterocycles. The van der Waals surface area contributed by atoms with Crippen LogP contribution in [0.2, 0.25) is 0 Å². The molecule has 1 aromatic carbocycles. The number of rotatable bonds is 8. The molecule has 1 fully saturated rings. The van der Waals surface area contributed by atoms with Gasteiger partial charge >= 0.3 is 5.97 Å². The number of carboxylic acids is 1. The van der Waals surface area contributed by atoms with Crippen molar-refractivity contribution >= 4 is 11.7 Å². The molecule has 1 aliphatic rings. The van der Waals surface area contributed by atoms with Crippen molar-refractivity contribution in [2.45, 2.75) is 46.5 Å². The second-order valence-corrected chi connectivity index (χ2v) is 9.91. The quantitative estimate of drug-likeness (QED) is 0.464. The van der Waals surface area contributed by atoms with Crippen molar-refractivity contribution in [3.05, 3.63) is 71.4 Å². The molecule has 35 heavy (non-hydrogen) atoms. The molecule has 0 unspecified atom stereocenters. The highest BCUT2D eigenvalue weighted by Gasteiger charge is 2.29. The first-order valence-electron chi connectivity index (χ1n) is 12.0. The average molecular weight is 478 g/mol. The second kappa shape index (κ2) is 10.4. The fourth-order valence-corrected chi connectivity index (χ4v) is 4.49. The fraction of sp³-hybridized carbons (Fsp3) is 0.393. The van der Waals surface area contributed by atoms with E-state index in [4.69, 9.17) is 4.74 Å². The van der Waals surface area contributed by atoms with Crippen LogP contribution in [0.5, 0.6) is 5.75 Å². The lowest BCUT2D eigenvalue weighted by atomic mass is 9.82. The summed E-state index contributed by atoms with van der Waals surface area (Å²) in [5, 5.41) is 9.58. The normalized spacial score (nSPS) is 15.1. The first-order chi connectivity index (χ1) is 16.7. The van der Waals surface area contributed by atoms with Gasteiger partial charge in [0.1, 0.15) is 11.6 Å². The zero-order valence-electron chi connectivity index (χ0n) is 20.6. The van der Waals surface area contributed by atoms with Crippen molar-refractivity contribution in [1.29, 1.82) is 0 Å². The third-order valence-corrected chi connectivity index (χ3v) is 6.69. The predicted molar refractivity (Wildman–Crippen MR) is 134 cm³/mol. The number of piperidine rings is 1. The average Bonchev–Trinajstić information content (AvgIpc) is 2.81. The molecule has 0 atom stereocenters. The van der Waals surface area contributed by atoms with Crippen LogP contribution >= 0.6 is 0 Å². The Labute approximate surface area is 205 Å². The molecule has 0 amide bonds. The summed E-state index contributed by atoms with van der Waals surface area (Å²) in [5.74, 6) is -0.506. The van der Waals surface area contributed by atoms with Gasteiger partial charge in [-0.25, -0.2) is 4.39 Å². The number of aliphatic carboxylic acids is 1. The standard InChI is InChI=1S/C28H32FN3O3/c1-19-23(16-26(33)34)27(32-12-10-28(2,3)11-13-32)24(18-30-19)25-8-7-22(17-31-25)35-14-9-20-5-4-6-21(29)15-20/h4-8,15,17-18H,9-14,16H2,1-3H3,(H,33,34). The van der Waals surface area contributed by atoms with Gasteiger partial charge < -0.3 is 14.7 Å². The van der Waals surface area contributed by atoms with E-state index >= 15 is 0 Å². The summed E-state index contributed by atoms with van der Waals surface area (Å²) in [6.07, 6.45) is 6.04. The van der Waals surface area contributed by atoms with Crippen LogP contribution in [-0.4, -0.2) is 40.7 Å². The minimum atomic E-state index is -0.874. The van der Waals surface area contributed by atoms with E-state index in [0.29, 0.717) is 18.8 Å². The molecule has 184 valence electrons. The molecule has 7 heteroatoms. The number of hydrogen-bond acceptors (Lipinski definition) is 5. The zero-order valence-corrected chi connectivity index (χ0v) is 20.6. The number of aromatic nitrogens is 2. The number of carboxylic acid groups (broad SMARTS) is 1. The van der Waals surface area contributed by atoms with Gasteiger partial charge in [-0.1, -0.05) is 26.0 Å². The van der Waals surface area contributed by atoms with Crippen LogP contribution in [0, 0.1) is 18.2 Å². The van der Waals surface area contributed by atoms with Crippen LogP contribution in [0.15, 0.2) is 48.8 Å². The number of halogens is 1. The monoisotopic (exact) mass is 477 g/mol. The largest absolute Gasteiger partial charge is 0.492 e. The molecule has 0 spiro atoms. The van der Waals surface area contributed by atoms with Crippen LogP contribution in [0.3, 0.4) is 0 Å². The van der Waals surface area contributed by atoms with E-state index in [2.05, 4.69) is 28.7 Å². The molecule has 0 saturated carbocycles. The topological polar surface area (TPSA) is 75.6 Å². The molecule has 0 aliphatic carbocycles. The Morgan fingerprint density at radius 1 is 1.14 bits per heavy atom. The molecule has 2 aromatic heterocycles. The molecule has 3 aromatic rings. The molecule has 0 bridgehead atoms. The van der Waals surface area contributed by atoms with Crippen molar-refractivity contribution in [1.82, 2.24) is 9.97 Å². The first kappa shape index (κ1) is 24.6. The lowest BCUT2D eigenvalue weighted by Crippen LogP contribution is -2.38. The number of ether oxygens (including phenoxy) is 1. The van der Waals surface area contributed by atoms with E-state index in [1.54, 1.807) is 18.5 Å². The molecule has 1 N–H and O–H groups in total. The summed E-state index contributed by atoms with van der Waals surface area (Å²) in [6.45, 7) is 8.54. The fourth-order valence-electron chi connectivity index (χ4n) is 4.49. The van der Waals surface area contributed by atoms with Gasteiger partial charge in [-0.3, -0.25) is 14.8 Å². The number of benzene rings is 1. The summed E-state index contributed by atoms with van der Waals surface area (Å²) in [7, 11) is 0. The molecule has 0 radical (unpaired) electrons. The van der Waals surface area contributed by atoms with Gasteiger partial charge in [0.2, 0.25) is 0 Å². The number of aryl methyl sites for hydroxylation is 1. The summed E-state index contributed by atoms with van der Waals surface area (Å²) in [5.41, 5.74) is 5.09.